The van der Waals surface area contributed by atoms with Gasteiger partial charge in [-0.2, -0.15) is 0 Å². The van der Waals surface area contributed by atoms with Crippen LogP contribution in [0.25, 0.3) is 26.4 Å². The number of carbonyl (C=O) groups excluding carboxylic acids is 2. The van der Waals surface area contributed by atoms with Gasteiger partial charge in [-0.3, -0.25) is 4.40 Å². The van der Waals surface area contributed by atoms with Crippen LogP contribution in [0.3, 0.4) is 0 Å². The monoisotopic (exact) mass is 525 g/mol. The van der Waals surface area contributed by atoms with Crippen LogP contribution in [0.15, 0.2) is 36.5 Å². The number of esters is 1. The van der Waals surface area contributed by atoms with Crippen molar-refractivity contribution in [3.63, 3.8) is 0 Å². The average molecular weight is 526 g/mol. The predicted molar refractivity (Wildman–Crippen MR) is 139 cm³/mol. The van der Waals surface area contributed by atoms with E-state index in [9.17, 15) is 9.59 Å². The SMILES string of the molecule is COC(=O)c1cc2sc3nc(-c4ccc(C5CCCN5C(=O)OC(C)(C)C)cc4F)cn3c2cc1OC. The van der Waals surface area contributed by atoms with Crippen LogP contribution in [0.2, 0.25) is 0 Å². The molecule has 0 aliphatic carbocycles. The van der Waals surface area contributed by atoms with E-state index in [0.29, 0.717) is 34.1 Å². The minimum absolute atomic E-state index is 0.232. The Labute approximate surface area is 217 Å². The highest BCUT2D eigenvalue weighted by Crippen LogP contribution is 2.37. The van der Waals surface area contributed by atoms with Crippen LogP contribution in [0.1, 0.15) is 55.6 Å². The highest BCUT2D eigenvalue weighted by molar-refractivity contribution is 7.23. The van der Waals surface area contributed by atoms with Gasteiger partial charge in [-0.1, -0.05) is 17.4 Å². The molecular formula is C27H28FN3O5S. The fraction of sp³-hybridized carbons (Fsp3) is 0.370. The highest BCUT2D eigenvalue weighted by Gasteiger charge is 2.33. The topological polar surface area (TPSA) is 82.4 Å². The van der Waals surface area contributed by atoms with Crippen molar-refractivity contribution in [3.8, 4) is 17.0 Å². The lowest BCUT2D eigenvalue weighted by Gasteiger charge is -2.29. The van der Waals surface area contributed by atoms with Gasteiger partial charge >= 0.3 is 12.1 Å². The zero-order valence-corrected chi connectivity index (χ0v) is 22.1. The maximum absolute atomic E-state index is 15.4. The maximum Gasteiger partial charge on any atom is 0.410 e. The van der Waals surface area contributed by atoms with Crippen molar-refractivity contribution in [1.82, 2.24) is 14.3 Å². The Bertz CT molecular complexity index is 1520. The summed E-state index contributed by atoms with van der Waals surface area (Å²) in [6.45, 7) is 6.07. The van der Waals surface area contributed by atoms with E-state index in [1.54, 1.807) is 29.3 Å². The van der Waals surface area contributed by atoms with Crippen LogP contribution in [-0.2, 0) is 9.47 Å². The molecule has 2 aromatic carbocycles. The molecule has 1 fully saturated rings. The first-order valence-electron chi connectivity index (χ1n) is 12.0. The first kappa shape index (κ1) is 25.0. The van der Waals surface area contributed by atoms with Crippen molar-refractivity contribution in [2.75, 3.05) is 20.8 Å². The van der Waals surface area contributed by atoms with Crippen LogP contribution in [-0.4, -0.2) is 52.7 Å². The highest BCUT2D eigenvalue weighted by atomic mass is 32.1. The van der Waals surface area contributed by atoms with E-state index in [-0.39, 0.29) is 12.1 Å². The summed E-state index contributed by atoms with van der Waals surface area (Å²) in [6, 6.07) is 8.28. The molecule has 5 rings (SSSR count). The number of aromatic nitrogens is 2. The molecule has 37 heavy (non-hydrogen) atoms. The summed E-state index contributed by atoms with van der Waals surface area (Å²) in [5.41, 5.74) is 2.12. The number of carbonyl (C=O) groups is 2. The number of methoxy groups -OCH3 is 2. The molecule has 0 saturated carbocycles. The number of thiazole rings is 1. The smallest absolute Gasteiger partial charge is 0.410 e. The Hall–Kier alpha value is -3.66. The lowest BCUT2D eigenvalue weighted by atomic mass is 10.0. The predicted octanol–water partition coefficient (Wildman–Crippen LogP) is 6.22. The van der Waals surface area contributed by atoms with Crippen molar-refractivity contribution in [2.24, 2.45) is 0 Å². The number of likely N-dealkylation sites (tertiary alicyclic amines) is 1. The number of benzene rings is 2. The summed E-state index contributed by atoms with van der Waals surface area (Å²) in [6.07, 6.45) is 2.97. The van der Waals surface area contributed by atoms with Gasteiger partial charge in [0.15, 0.2) is 4.96 Å². The zero-order valence-electron chi connectivity index (χ0n) is 21.3. The van der Waals surface area contributed by atoms with Gasteiger partial charge in [-0.05, 0) is 57.4 Å². The molecule has 194 valence electrons. The lowest BCUT2D eigenvalue weighted by molar-refractivity contribution is 0.0224. The number of hydrogen-bond acceptors (Lipinski definition) is 7. The minimum Gasteiger partial charge on any atom is -0.496 e. The summed E-state index contributed by atoms with van der Waals surface area (Å²) in [5.74, 6) is -0.509. The molecule has 8 nitrogen and oxygen atoms in total. The number of hydrogen-bond donors (Lipinski definition) is 0. The molecule has 0 radical (unpaired) electrons. The number of halogens is 1. The van der Waals surface area contributed by atoms with Gasteiger partial charge in [-0.25, -0.2) is 19.0 Å². The van der Waals surface area contributed by atoms with Crippen LogP contribution >= 0.6 is 11.3 Å². The number of fused-ring (bicyclic) bond motifs is 3. The van der Waals surface area contributed by atoms with Crippen LogP contribution in [0.4, 0.5) is 9.18 Å². The summed E-state index contributed by atoms with van der Waals surface area (Å²) >= 11 is 1.38. The fourth-order valence-corrected chi connectivity index (χ4v) is 5.72. The van der Waals surface area contributed by atoms with Crippen molar-refractivity contribution in [2.45, 2.75) is 45.3 Å². The summed E-state index contributed by atoms with van der Waals surface area (Å²) in [5, 5.41) is 0. The number of rotatable bonds is 4. The van der Waals surface area contributed by atoms with Gasteiger partial charge in [0.25, 0.3) is 0 Å². The fourth-order valence-electron chi connectivity index (χ4n) is 4.69. The van der Waals surface area contributed by atoms with E-state index in [1.165, 1.54) is 31.6 Å². The lowest BCUT2D eigenvalue weighted by Crippen LogP contribution is -2.36. The summed E-state index contributed by atoms with van der Waals surface area (Å²) < 4.78 is 33.9. The van der Waals surface area contributed by atoms with E-state index < -0.39 is 17.4 Å². The molecule has 3 heterocycles. The third-order valence-electron chi connectivity index (χ3n) is 6.36. The molecule has 0 spiro atoms. The Morgan fingerprint density at radius 2 is 1.95 bits per heavy atom. The van der Waals surface area contributed by atoms with Crippen LogP contribution in [0, 0.1) is 5.82 Å². The van der Waals surface area contributed by atoms with Gasteiger partial charge in [0, 0.05) is 24.4 Å². The van der Waals surface area contributed by atoms with E-state index in [0.717, 1.165) is 28.6 Å². The molecule has 1 aliphatic rings. The standard InChI is InChI=1S/C27H28FN3O5S/c1-27(2,3)36-26(33)30-10-6-7-20(30)15-8-9-16(18(28)11-15)19-14-31-21-13-22(34-4)17(24(32)35-5)12-23(21)37-25(31)29-19/h8-9,11-14,20H,6-7,10H2,1-5H3. The average Bonchev–Trinajstić information content (AvgIpc) is 3.56. The molecule has 0 bridgehead atoms. The molecule has 2 aromatic heterocycles. The third-order valence-corrected chi connectivity index (χ3v) is 7.37. The maximum atomic E-state index is 15.4. The Morgan fingerprint density at radius 3 is 2.62 bits per heavy atom. The Kier molecular flexibility index (Phi) is 6.31. The van der Waals surface area contributed by atoms with Crippen molar-refractivity contribution in [1.29, 1.82) is 0 Å². The molecule has 1 amide bonds. The second-order valence-corrected chi connectivity index (χ2v) is 11.0. The van der Waals surface area contributed by atoms with Crippen LogP contribution in [0.5, 0.6) is 5.75 Å². The normalized spacial score (nSPS) is 15.9. The molecule has 1 unspecified atom stereocenters. The van der Waals surface area contributed by atoms with Gasteiger partial charge < -0.3 is 19.1 Å². The van der Waals surface area contributed by atoms with Crippen LogP contribution < -0.4 is 4.74 Å². The first-order chi connectivity index (χ1) is 17.6. The second-order valence-electron chi connectivity index (χ2n) is 9.96. The van der Waals surface area contributed by atoms with Gasteiger partial charge in [0.05, 0.1) is 36.2 Å². The quantitative estimate of drug-likeness (QED) is 0.294. The van der Waals surface area contributed by atoms with Crippen molar-refractivity contribution < 1.29 is 28.2 Å². The van der Waals surface area contributed by atoms with Gasteiger partial charge in [0.1, 0.15) is 22.7 Å². The van der Waals surface area contributed by atoms with Gasteiger partial charge in [0.2, 0.25) is 0 Å². The third kappa shape index (κ3) is 4.61. The van der Waals surface area contributed by atoms with E-state index in [4.69, 9.17) is 14.2 Å². The van der Waals surface area contributed by atoms with Crippen molar-refractivity contribution >= 4 is 38.6 Å². The molecule has 4 aromatic rings. The molecule has 1 atom stereocenters. The minimum atomic E-state index is -0.595. The van der Waals surface area contributed by atoms with E-state index in [1.807, 2.05) is 31.2 Å². The first-order valence-corrected chi connectivity index (χ1v) is 12.8. The number of ether oxygens (including phenoxy) is 3. The number of nitrogens with zero attached hydrogens (tertiary/aromatic N) is 3. The van der Waals surface area contributed by atoms with E-state index in [2.05, 4.69) is 4.98 Å². The Balaban J connectivity index is 1.47. The molecule has 10 heteroatoms. The Morgan fingerprint density at radius 1 is 1.16 bits per heavy atom. The summed E-state index contributed by atoms with van der Waals surface area (Å²) in [7, 11) is 2.81. The summed E-state index contributed by atoms with van der Waals surface area (Å²) in [4.78, 5) is 31.8. The molecular weight excluding hydrogens is 497 g/mol. The van der Waals surface area contributed by atoms with Crippen molar-refractivity contribution in [3.05, 3.63) is 53.5 Å². The molecule has 0 N–H and O–H groups in total. The number of imidazole rings is 1. The molecule has 1 saturated heterocycles. The molecule has 1 aliphatic heterocycles. The largest absolute Gasteiger partial charge is 0.496 e. The number of amides is 1. The van der Waals surface area contributed by atoms with E-state index >= 15 is 4.39 Å². The zero-order chi connectivity index (χ0) is 26.5. The van der Waals surface area contributed by atoms with Gasteiger partial charge in [-0.15, -0.1) is 0 Å². The second kappa shape index (κ2) is 9.33.